The second kappa shape index (κ2) is 15.7. The molecule has 3 fully saturated rings. The molecule has 3 aliphatic rings. The van der Waals surface area contributed by atoms with Crippen molar-refractivity contribution in [2.24, 2.45) is 11.8 Å². The molecule has 1 N–H and O–H groups in total. The van der Waals surface area contributed by atoms with E-state index in [1.165, 1.54) is 9.80 Å². The molecule has 0 radical (unpaired) electrons. The minimum absolute atomic E-state index is 0.0610. The third kappa shape index (κ3) is 6.91. The molecular formula is C38H46ClN3O7. The molecule has 10 nitrogen and oxygen atoms in total. The molecular weight excluding hydrogens is 646 g/mol. The molecule has 1 spiro atoms. The van der Waals surface area contributed by atoms with Crippen molar-refractivity contribution in [2.45, 2.75) is 75.3 Å². The number of rotatable bonds is 16. The van der Waals surface area contributed by atoms with Crippen LogP contribution in [-0.4, -0.2) is 89.1 Å². The van der Waals surface area contributed by atoms with Gasteiger partial charge in [0.05, 0.1) is 34.7 Å². The van der Waals surface area contributed by atoms with Crippen LogP contribution in [0.25, 0.3) is 0 Å². The Hall–Kier alpha value is -3.99. The van der Waals surface area contributed by atoms with Gasteiger partial charge in [0.1, 0.15) is 17.7 Å². The summed E-state index contributed by atoms with van der Waals surface area (Å²) in [6, 6.07) is 14.7. The van der Waals surface area contributed by atoms with Gasteiger partial charge in [0.25, 0.3) is 5.91 Å². The molecule has 2 bridgehead atoms. The van der Waals surface area contributed by atoms with E-state index in [4.69, 9.17) is 21.1 Å². The van der Waals surface area contributed by atoms with E-state index in [1.807, 2.05) is 37.3 Å². The number of allylic oxidation sites excluding steroid dienone is 1. The maximum Gasteiger partial charge on any atom is 0.313 e. The fourth-order valence-corrected chi connectivity index (χ4v) is 7.95. The minimum atomic E-state index is -1.26. The summed E-state index contributed by atoms with van der Waals surface area (Å²) >= 11 is 6.56. The number of unbranched alkanes of at least 4 members (excludes halogenated alkanes) is 1. The van der Waals surface area contributed by atoms with E-state index in [0.717, 1.165) is 0 Å². The number of aliphatic hydroxyl groups is 1. The summed E-state index contributed by atoms with van der Waals surface area (Å²) in [4.78, 5) is 61.1. The number of nitrogens with zero attached hydrogens (tertiary/aromatic N) is 3. The van der Waals surface area contributed by atoms with Gasteiger partial charge in [-0.1, -0.05) is 66.2 Å². The summed E-state index contributed by atoms with van der Waals surface area (Å²) in [7, 11) is 1.68. The van der Waals surface area contributed by atoms with E-state index in [9.17, 15) is 24.3 Å². The average Bonchev–Trinajstić information content (AvgIpc) is 3.75. The van der Waals surface area contributed by atoms with Crippen LogP contribution in [0.3, 0.4) is 0 Å². The molecule has 3 amide bonds. The Morgan fingerprint density at radius 3 is 2.51 bits per heavy atom. The number of amides is 3. The van der Waals surface area contributed by atoms with Crippen LogP contribution >= 0.6 is 11.6 Å². The van der Waals surface area contributed by atoms with Crippen LogP contribution in [-0.2, 0) is 28.7 Å². The predicted molar refractivity (Wildman–Crippen MR) is 187 cm³/mol. The molecule has 0 aliphatic carbocycles. The summed E-state index contributed by atoms with van der Waals surface area (Å²) in [5.41, 5.74) is -0.0679. The number of carbonyl (C=O) groups excluding carboxylic acids is 4. The number of likely N-dealkylation sites (N-methyl/N-ethyl adjacent to an activating group) is 1. The van der Waals surface area contributed by atoms with Gasteiger partial charge >= 0.3 is 5.97 Å². The SMILES string of the molecule is C=CCCC(=O)N(C)[C@H](C)[C@H](OC(=O)[C@@H]1[C@@H]2CC[C@]3(O2)[C@H](C(=O)N(CC=C)c2ccccc2Cl)N(CCCCO)C(=O)[C@@H]13)c1ccccc1. The second-order valence-electron chi connectivity index (χ2n) is 13.0. The Balaban J connectivity index is 1.49. The zero-order chi connectivity index (χ0) is 35.3. The number of hydrogen-bond donors (Lipinski definition) is 1. The Labute approximate surface area is 293 Å². The molecule has 5 rings (SSSR count). The lowest BCUT2D eigenvalue weighted by molar-refractivity contribution is -0.164. The quantitative estimate of drug-likeness (QED) is 0.148. The number of para-hydroxylation sites is 1. The number of aliphatic hydroxyl groups excluding tert-OH is 1. The van der Waals surface area contributed by atoms with Crippen molar-refractivity contribution >= 4 is 41.0 Å². The third-order valence-electron chi connectivity index (χ3n) is 10.2. The molecule has 3 saturated heterocycles. The van der Waals surface area contributed by atoms with E-state index >= 15 is 0 Å². The summed E-state index contributed by atoms with van der Waals surface area (Å²) in [6.45, 7) is 9.67. The van der Waals surface area contributed by atoms with Crippen LogP contribution in [0.4, 0.5) is 5.69 Å². The van der Waals surface area contributed by atoms with E-state index in [0.29, 0.717) is 48.4 Å². The maximum atomic E-state index is 14.7. The van der Waals surface area contributed by atoms with Crippen LogP contribution < -0.4 is 4.90 Å². The van der Waals surface area contributed by atoms with Gasteiger partial charge in [-0.3, -0.25) is 19.2 Å². The predicted octanol–water partition coefficient (Wildman–Crippen LogP) is 5.10. The molecule has 3 heterocycles. The molecule has 262 valence electrons. The molecule has 2 aromatic carbocycles. The van der Waals surface area contributed by atoms with Gasteiger partial charge in [-0.25, -0.2) is 0 Å². The maximum absolute atomic E-state index is 14.7. The van der Waals surface area contributed by atoms with Crippen LogP contribution in [0.1, 0.15) is 57.1 Å². The highest BCUT2D eigenvalue weighted by Gasteiger charge is 2.75. The minimum Gasteiger partial charge on any atom is -0.455 e. The third-order valence-corrected chi connectivity index (χ3v) is 10.5. The number of likely N-dealkylation sites (tertiary alicyclic amines) is 1. The molecule has 0 unspecified atom stereocenters. The lowest BCUT2D eigenvalue weighted by atomic mass is 9.70. The van der Waals surface area contributed by atoms with Gasteiger partial charge in [-0.2, -0.15) is 0 Å². The zero-order valence-corrected chi connectivity index (χ0v) is 29.0. The Kier molecular flexibility index (Phi) is 11.6. The first-order valence-electron chi connectivity index (χ1n) is 17.0. The number of carbonyl (C=O) groups is 4. The number of benzene rings is 2. The Morgan fingerprint density at radius 1 is 1.12 bits per heavy atom. The fraction of sp³-hybridized carbons (Fsp3) is 0.474. The first kappa shape index (κ1) is 36.3. The molecule has 0 saturated carbocycles. The molecule has 49 heavy (non-hydrogen) atoms. The smallest absolute Gasteiger partial charge is 0.313 e. The van der Waals surface area contributed by atoms with Crippen LogP contribution in [0.15, 0.2) is 79.9 Å². The number of ether oxygens (including phenoxy) is 2. The van der Waals surface area contributed by atoms with Gasteiger partial charge < -0.3 is 29.3 Å². The van der Waals surface area contributed by atoms with Crippen molar-refractivity contribution in [3.05, 3.63) is 90.5 Å². The summed E-state index contributed by atoms with van der Waals surface area (Å²) in [5.74, 6) is -3.34. The van der Waals surface area contributed by atoms with Gasteiger partial charge in [-0.15, -0.1) is 13.2 Å². The highest BCUT2D eigenvalue weighted by atomic mass is 35.5. The van der Waals surface area contributed by atoms with E-state index in [2.05, 4.69) is 13.2 Å². The topological polar surface area (TPSA) is 117 Å². The standard InChI is InChI=1S/C38H46ClN3O7/c1-5-7-19-30(44)40(4)25(3)33(26-15-9-8-10-16-26)48-37(47)31-29-20-21-38(49-29)32(31)35(45)42(23-13-14-24-43)34(38)36(46)41(22-6-2)28-18-12-11-17-27(28)39/h5-6,8-12,15-18,25,29,31-34,43H,1-2,7,13-14,19-24H2,3-4H3/t25-,29+,31-,32-,33+,34+,38-/m1/s1. The van der Waals surface area contributed by atoms with Gasteiger partial charge in [0.2, 0.25) is 11.8 Å². The van der Waals surface area contributed by atoms with Crippen LogP contribution in [0, 0.1) is 11.8 Å². The van der Waals surface area contributed by atoms with Crippen molar-refractivity contribution in [3.8, 4) is 0 Å². The fourth-order valence-electron chi connectivity index (χ4n) is 7.71. The molecule has 2 aromatic rings. The molecule has 0 aromatic heterocycles. The summed E-state index contributed by atoms with van der Waals surface area (Å²) in [5, 5.41) is 9.89. The van der Waals surface area contributed by atoms with E-state index in [-0.39, 0.29) is 43.8 Å². The van der Waals surface area contributed by atoms with Gasteiger partial charge in [0.15, 0.2) is 0 Å². The number of halogens is 1. The van der Waals surface area contributed by atoms with Crippen molar-refractivity contribution in [1.82, 2.24) is 9.80 Å². The van der Waals surface area contributed by atoms with Gasteiger partial charge in [-0.05, 0) is 56.7 Å². The number of esters is 1. The Morgan fingerprint density at radius 2 is 1.84 bits per heavy atom. The number of anilines is 1. The highest BCUT2D eigenvalue weighted by Crippen LogP contribution is 2.59. The number of hydrogen-bond acceptors (Lipinski definition) is 7. The van der Waals surface area contributed by atoms with Gasteiger partial charge in [0, 0.05) is 33.2 Å². The molecule has 11 heteroatoms. The van der Waals surface area contributed by atoms with Crippen LogP contribution in [0.5, 0.6) is 0 Å². The molecule has 7 atom stereocenters. The summed E-state index contributed by atoms with van der Waals surface area (Å²) in [6.07, 6.45) is 4.41. The zero-order valence-electron chi connectivity index (χ0n) is 28.2. The second-order valence-corrected chi connectivity index (χ2v) is 13.5. The highest BCUT2D eigenvalue weighted by molar-refractivity contribution is 6.34. The van der Waals surface area contributed by atoms with Crippen molar-refractivity contribution in [2.75, 3.05) is 31.6 Å². The van der Waals surface area contributed by atoms with E-state index in [1.54, 1.807) is 48.4 Å². The monoisotopic (exact) mass is 691 g/mol. The first-order valence-corrected chi connectivity index (χ1v) is 17.4. The van der Waals surface area contributed by atoms with Crippen molar-refractivity contribution in [3.63, 3.8) is 0 Å². The lowest BCUT2D eigenvalue weighted by Gasteiger charge is -2.37. The normalized spacial score (nSPS) is 25.0. The lowest BCUT2D eigenvalue weighted by Crippen LogP contribution is -2.56. The van der Waals surface area contributed by atoms with Crippen molar-refractivity contribution < 1.29 is 33.8 Å². The molecule has 3 aliphatic heterocycles. The first-order chi connectivity index (χ1) is 23.6. The van der Waals surface area contributed by atoms with E-state index < -0.39 is 47.7 Å². The summed E-state index contributed by atoms with van der Waals surface area (Å²) < 4.78 is 12.9. The number of fused-ring (bicyclic) bond motifs is 1. The van der Waals surface area contributed by atoms with Crippen molar-refractivity contribution in [1.29, 1.82) is 0 Å². The largest absolute Gasteiger partial charge is 0.455 e. The Bertz CT molecular complexity index is 1550. The van der Waals surface area contributed by atoms with Crippen LogP contribution in [0.2, 0.25) is 5.02 Å². The average molecular weight is 692 g/mol.